The quantitative estimate of drug-likeness (QED) is 0.805. The van der Waals surface area contributed by atoms with E-state index < -0.39 is 0 Å². The van der Waals surface area contributed by atoms with Crippen LogP contribution in [0.3, 0.4) is 0 Å². The molecule has 1 heterocycles. The van der Waals surface area contributed by atoms with Gasteiger partial charge in [0.25, 0.3) is 0 Å². The molecule has 0 aliphatic heterocycles. The Morgan fingerprint density at radius 1 is 1.50 bits per heavy atom. The van der Waals surface area contributed by atoms with Crippen LogP contribution in [-0.2, 0) is 9.53 Å². The van der Waals surface area contributed by atoms with Gasteiger partial charge in [0.2, 0.25) is 0 Å². The minimum absolute atomic E-state index is 0.179. The summed E-state index contributed by atoms with van der Waals surface area (Å²) in [5.41, 5.74) is 0. The number of carbonyl (C=O) groups excluding carboxylic acids is 1. The number of nitrogens with one attached hydrogen (secondary N) is 1. The molecule has 1 aromatic heterocycles. The lowest BCUT2D eigenvalue weighted by atomic mass is 10.2. The maximum Gasteiger partial charge on any atom is 0.322 e. The number of rotatable bonds is 5. The molecule has 16 heavy (non-hydrogen) atoms. The molecule has 1 rings (SSSR count). The summed E-state index contributed by atoms with van der Waals surface area (Å²) in [6.45, 7) is 8.21. The van der Waals surface area contributed by atoms with E-state index in [-0.39, 0.29) is 18.1 Å². The van der Waals surface area contributed by atoms with Crippen LogP contribution < -0.4 is 5.32 Å². The van der Waals surface area contributed by atoms with E-state index >= 15 is 0 Å². The van der Waals surface area contributed by atoms with Crippen LogP contribution in [0, 0.1) is 6.92 Å². The molecular weight excluding hydrogens is 222 g/mol. The average molecular weight is 241 g/mol. The molecule has 0 amide bonds. The van der Waals surface area contributed by atoms with Crippen LogP contribution in [0.4, 0.5) is 0 Å². The predicted octanol–water partition coefficient (Wildman–Crippen LogP) is 2.66. The third kappa shape index (κ3) is 3.61. The van der Waals surface area contributed by atoms with Crippen molar-refractivity contribution in [3.63, 3.8) is 0 Å². The minimum Gasteiger partial charge on any atom is -0.465 e. The molecule has 0 aliphatic rings. The molecule has 90 valence electrons. The summed E-state index contributed by atoms with van der Waals surface area (Å²) < 4.78 is 4.95. The summed E-state index contributed by atoms with van der Waals surface area (Å²) in [6, 6.07) is 4.10. The van der Waals surface area contributed by atoms with Crippen LogP contribution >= 0.6 is 11.3 Å². The number of aryl methyl sites for hydroxylation is 1. The van der Waals surface area contributed by atoms with E-state index in [9.17, 15) is 4.79 Å². The van der Waals surface area contributed by atoms with Crippen molar-refractivity contribution in [1.29, 1.82) is 0 Å². The van der Waals surface area contributed by atoms with Crippen molar-refractivity contribution in [2.75, 3.05) is 6.61 Å². The highest BCUT2D eigenvalue weighted by molar-refractivity contribution is 7.12. The van der Waals surface area contributed by atoms with Crippen molar-refractivity contribution in [1.82, 2.24) is 5.32 Å². The summed E-state index contributed by atoms with van der Waals surface area (Å²) in [5, 5.41) is 3.23. The molecule has 0 aromatic carbocycles. The van der Waals surface area contributed by atoms with Gasteiger partial charge in [-0.15, -0.1) is 11.3 Å². The van der Waals surface area contributed by atoms with Crippen molar-refractivity contribution in [3.05, 3.63) is 21.9 Å². The zero-order chi connectivity index (χ0) is 12.1. The SMILES string of the molecule is CCOC(=O)C(C)NC(C)c1ccc(C)s1. The van der Waals surface area contributed by atoms with Gasteiger partial charge in [-0.1, -0.05) is 0 Å². The molecular formula is C12H19NO2S. The molecule has 2 unspecified atom stereocenters. The third-order valence-corrected chi connectivity index (χ3v) is 3.51. The van der Waals surface area contributed by atoms with Gasteiger partial charge < -0.3 is 4.74 Å². The van der Waals surface area contributed by atoms with E-state index in [2.05, 4.69) is 31.3 Å². The normalized spacial score (nSPS) is 14.5. The predicted molar refractivity (Wildman–Crippen MR) is 66.7 cm³/mol. The molecule has 1 N–H and O–H groups in total. The van der Waals surface area contributed by atoms with Crippen LogP contribution in [0.5, 0.6) is 0 Å². The Morgan fingerprint density at radius 3 is 2.69 bits per heavy atom. The Bertz CT molecular complexity index is 349. The summed E-state index contributed by atoms with van der Waals surface area (Å²) in [6.07, 6.45) is 0. The minimum atomic E-state index is -0.266. The van der Waals surface area contributed by atoms with Gasteiger partial charge >= 0.3 is 5.97 Å². The monoisotopic (exact) mass is 241 g/mol. The zero-order valence-corrected chi connectivity index (χ0v) is 11.1. The lowest BCUT2D eigenvalue weighted by Crippen LogP contribution is -2.36. The molecule has 4 heteroatoms. The number of ether oxygens (including phenoxy) is 1. The second-order valence-corrected chi connectivity index (χ2v) is 5.13. The summed E-state index contributed by atoms with van der Waals surface area (Å²) >= 11 is 1.75. The largest absolute Gasteiger partial charge is 0.465 e. The maximum atomic E-state index is 11.4. The highest BCUT2D eigenvalue weighted by Crippen LogP contribution is 2.22. The van der Waals surface area contributed by atoms with E-state index in [1.807, 2.05) is 13.8 Å². The van der Waals surface area contributed by atoms with Crippen LogP contribution in [-0.4, -0.2) is 18.6 Å². The Morgan fingerprint density at radius 2 is 2.19 bits per heavy atom. The van der Waals surface area contributed by atoms with Gasteiger partial charge in [-0.3, -0.25) is 10.1 Å². The molecule has 2 atom stereocenters. The fraction of sp³-hybridized carbons (Fsp3) is 0.583. The Labute approximate surface area is 101 Å². The number of thiophene rings is 1. The van der Waals surface area contributed by atoms with E-state index in [1.54, 1.807) is 11.3 Å². The topological polar surface area (TPSA) is 38.3 Å². The van der Waals surface area contributed by atoms with Gasteiger partial charge in [0.1, 0.15) is 6.04 Å². The smallest absolute Gasteiger partial charge is 0.322 e. The second-order valence-electron chi connectivity index (χ2n) is 3.81. The Kier molecular flexibility index (Phi) is 4.96. The van der Waals surface area contributed by atoms with E-state index in [0.717, 1.165) is 0 Å². The van der Waals surface area contributed by atoms with Gasteiger partial charge in [0.15, 0.2) is 0 Å². The average Bonchev–Trinajstić information content (AvgIpc) is 2.65. The summed E-state index contributed by atoms with van der Waals surface area (Å²) in [7, 11) is 0. The van der Waals surface area contributed by atoms with Crippen molar-refractivity contribution in [2.45, 2.75) is 39.8 Å². The van der Waals surface area contributed by atoms with Crippen molar-refractivity contribution in [2.24, 2.45) is 0 Å². The first-order valence-corrected chi connectivity index (χ1v) is 6.35. The first-order chi connectivity index (χ1) is 7.54. The molecule has 1 aromatic rings. The number of carbonyl (C=O) groups is 1. The van der Waals surface area contributed by atoms with Gasteiger partial charge in [-0.25, -0.2) is 0 Å². The lowest BCUT2D eigenvalue weighted by molar-refractivity contribution is -0.145. The van der Waals surface area contributed by atoms with E-state index in [1.165, 1.54) is 9.75 Å². The van der Waals surface area contributed by atoms with Crippen molar-refractivity contribution >= 4 is 17.3 Å². The van der Waals surface area contributed by atoms with Gasteiger partial charge in [-0.2, -0.15) is 0 Å². The number of hydrogen-bond acceptors (Lipinski definition) is 4. The Balaban J connectivity index is 2.51. The van der Waals surface area contributed by atoms with Crippen LogP contribution in [0.15, 0.2) is 12.1 Å². The molecule has 0 fully saturated rings. The highest BCUT2D eigenvalue weighted by Gasteiger charge is 2.17. The first kappa shape index (κ1) is 13.2. The summed E-state index contributed by atoms with van der Waals surface area (Å²) in [4.78, 5) is 14.0. The van der Waals surface area contributed by atoms with Gasteiger partial charge in [-0.05, 0) is 39.8 Å². The van der Waals surface area contributed by atoms with Gasteiger partial charge in [0.05, 0.1) is 6.61 Å². The maximum absolute atomic E-state index is 11.4. The van der Waals surface area contributed by atoms with E-state index in [4.69, 9.17) is 4.74 Å². The van der Waals surface area contributed by atoms with E-state index in [0.29, 0.717) is 6.61 Å². The van der Waals surface area contributed by atoms with Gasteiger partial charge in [0, 0.05) is 15.8 Å². The van der Waals surface area contributed by atoms with Crippen molar-refractivity contribution in [3.8, 4) is 0 Å². The molecule has 0 bridgehead atoms. The fourth-order valence-corrected chi connectivity index (χ4v) is 2.37. The number of esters is 1. The lowest BCUT2D eigenvalue weighted by Gasteiger charge is -2.17. The molecule has 0 spiro atoms. The molecule has 0 saturated carbocycles. The zero-order valence-electron chi connectivity index (χ0n) is 10.2. The third-order valence-electron chi connectivity index (χ3n) is 2.33. The molecule has 0 radical (unpaired) electrons. The Hall–Kier alpha value is -0.870. The molecule has 3 nitrogen and oxygen atoms in total. The number of hydrogen-bond donors (Lipinski definition) is 1. The van der Waals surface area contributed by atoms with Crippen LogP contribution in [0.1, 0.15) is 36.6 Å². The second kappa shape index (κ2) is 6.01. The molecule has 0 saturated heterocycles. The fourth-order valence-electron chi connectivity index (χ4n) is 1.48. The molecule has 0 aliphatic carbocycles. The van der Waals surface area contributed by atoms with Crippen molar-refractivity contribution < 1.29 is 9.53 Å². The van der Waals surface area contributed by atoms with Crippen LogP contribution in [0.2, 0.25) is 0 Å². The first-order valence-electron chi connectivity index (χ1n) is 5.53. The summed E-state index contributed by atoms with van der Waals surface area (Å²) in [5.74, 6) is -0.192. The standard InChI is InChI=1S/C12H19NO2S/c1-5-15-12(14)10(4)13-9(3)11-7-6-8(2)16-11/h6-7,9-10,13H,5H2,1-4H3. The highest BCUT2D eigenvalue weighted by atomic mass is 32.1. The van der Waals surface area contributed by atoms with Crippen LogP contribution in [0.25, 0.3) is 0 Å².